The fourth-order valence-electron chi connectivity index (χ4n) is 1.92. The molecule has 2 aromatic heterocycles. The Morgan fingerprint density at radius 1 is 1.24 bits per heavy atom. The van der Waals surface area contributed by atoms with Crippen LogP contribution in [0.3, 0.4) is 0 Å². The number of aromatic amines is 1. The fourth-order valence-corrected chi connectivity index (χ4v) is 2.40. The van der Waals surface area contributed by atoms with Gasteiger partial charge in [-0.05, 0) is 25.0 Å². The van der Waals surface area contributed by atoms with E-state index in [1.54, 1.807) is 12.4 Å². The maximum absolute atomic E-state index is 5.36. The standard InChI is InChI=1S/C13H15N3S/c1-8(2)11-9(3)15-12(16-13(11)17)10-4-6-14-7-5-10/h4-8H,1-3H3,(H,15,16,17). The highest BCUT2D eigenvalue weighted by Crippen LogP contribution is 2.21. The number of hydrogen-bond acceptors (Lipinski definition) is 3. The van der Waals surface area contributed by atoms with Crippen molar-refractivity contribution in [3.8, 4) is 11.4 Å². The molecule has 0 bridgehead atoms. The van der Waals surface area contributed by atoms with E-state index in [4.69, 9.17) is 12.2 Å². The number of rotatable bonds is 2. The SMILES string of the molecule is Cc1[nH]c(-c2ccncc2)nc(=S)c1C(C)C. The molecule has 0 radical (unpaired) electrons. The van der Waals surface area contributed by atoms with Gasteiger partial charge in [0, 0.05) is 29.2 Å². The van der Waals surface area contributed by atoms with Crippen molar-refractivity contribution < 1.29 is 0 Å². The van der Waals surface area contributed by atoms with E-state index in [0.29, 0.717) is 10.6 Å². The fraction of sp³-hybridized carbons (Fsp3) is 0.308. The molecule has 2 heterocycles. The molecule has 0 amide bonds. The third kappa shape index (κ3) is 2.42. The van der Waals surface area contributed by atoms with Gasteiger partial charge < -0.3 is 4.98 Å². The van der Waals surface area contributed by atoms with Gasteiger partial charge in [-0.15, -0.1) is 0 Å². The van der Waals surface area contributed by atoms with Gasteiger partial charge >= 0.3 is 0 Å². The minimum Gasteiger partial charge on any atom is -0.343 e. The second-order valence-corrected chi connectivity index (χ2v) is 4.71. The average Bonchev–Trinajstić information content (AvgIpc) is 2.28. The van der Waals surface area contributed by atoms with Gasteiger partial charge in [0.1, 0.15) is 10.5 Å². The predicted molar refractivity (Wildman–Crippen MR) is 71.5 cm³/mol. The number of nitrogens with zero attached hydrogens (tertiary/aromatic N) is 2. The minimum absolute atomic E-state index is 0.387. The number of pyridine rings is 1. The van der Waals surface area contributed by atoms with Crippen molar-refractivity contribution in [3.63, 3.8) is 0 Å². The van der Waals surface area contributed by atoms with Crippen molar-refractivity contribution in [2.45, 2.75) is 26.7 Å². The van der Waals surface area contributed by atoms with Crippen LogP contribution in [-0.2, 0) is 0 Å². The van der Waals surface area contributed by atoms with Crippen LogP contribution in [0.4, 0.5) is 0 Å². The van der Waals surface area contributed by atoms with Gasteiger partial charge in [0.15, 0.2) is 0 Å². The summed E-state index contributed by atoms with van der Waals surface area (Å²) in [5, 5.41) is 0. The molecule has 0 aliphatic rings. The summed E-state index contributed by atoms with van der Waals surface area (Å²) in [5.74, 6) is 1.19. The summed E-state index contributed by atoms with van der Waals surface area (Å²) in [6.45, 7) is 6.29. The Bertz CT molecular complexity index is 573. The lowest BCUT2D eigenvalue weighted by Gasteiger charge is -2.11. The second kappa shape index (κ2) is 4.75. The third-order valence-electron chi connectivity index (χ3n) is 2.68. The maximum Gasteiger partial charge on any atom is 0.139 e. The Hall–Kier alpha value is -1.55. The first-order valence-electron chi connectivity index (χ1n) is 5.61. The number of hydrogen-bond donors (Lipinski definition) is 1. The van der Waals surface area contributed by atoms with E-state index < -0.39 is 0 Å². The van der Waals surface area contributed by atoms with Gasteiger partial charge in [-0.3, -0.25) is 4.98 Å². The van der Waals surface area contributed by atoms with Crippen LogP contribution in [0.1, 0.15) is 31.0 Å². The zero-order chi connectivity index (χ0) is 12.4. The van der Waals surface area contributed by atoms with Crippen molar-refractivity contribution in [1.29, 1.82) is 0 Å². The lowest BCUT2D eigenvalue weighted by molar-refractivity contribution is 0.825. The summed E-state index contributed by atoms with van der Waals surface area (Å²) in [4.78, 5) is 11.8. The van der Waals surface area contributed by atoms with Crippen molar-refractivity contribution in [3.05, 3.63) is 40.4 Å². The van der Waals surface area contributed by atoms with Gasteiger partial charge in [0.05, 0.1) is 0 Å². The highest BCUT2D eigenvalue weighted by Gasteiger charge is 2.09. The molecule has 0 fully saturated rings. The predicted octanol–water partition coefficient (Wildman–Crippen LogP) is 3.63. The molecule has 0 saturated carbocycles. The maximum atomic E-state index is 5.36. The van der Waals surface area contributed by atoms with E-state index in [2.05, 4.69) is 28.8 Å². The van der Waals surface area contributed by atoms with Crippen LogP contribution in [-0.4, -0.2) is 15.0 Å². The van der Waals surface area contributed by atoms with Crippen molar-refractivity contribution in [2.75, 3.05) is 0 Å². The van der Waals surface area contributed by atoms with Crippen LogP contribution >= 0.6 is 12.2 Å². The lowest BCUT2D eigenvalue weighted by atomic mass is 10.0. The highest BCUT2D eigenvalue weighted by atomic mass is 32.1. The van der Waals surface area contributed by atoms with Crippen LogP contribution in [0.2, 0.25) is 0 Å². The summed E-state index contributed by atoms with van der Waals surface area (Å²) in [7, 11) is 0. The molecule has 0 atom stereocenters. The molecule has 0 saturated heterocycles. The molecule has 2 aromatic rings. The van der Waals surface area contributed by atoms with Crippen LogP contribution in [0.5, 0.6) is 0 Å². The van der Waals surface area contributed by atoms with E-state index >= 15 is 0 Å². The lowest BCUT2D eigenvalue weighted by Crippen LogP contribution is -2.01. The minimum atomic E-state index is 0.387. The highest BCUT2D eigenvalue weighted by molar-refractivity contribution is 7.71. The van der Waals surface area contributed by atoms with E-state index in [1.807, 2.05) is 19.1 Å². The molecule has 0 spiro atoms. The topological polar surface area (TPSA) is 41.6 Å². The zero-order valence-corrected chi connectivity index (χ0v) is 11.0. The Morgan fingerprint density at radius 3 is 2.41 bits per heavy atom. The van der Waals surface area contributed by atoms with Gasteiger partial charge in [-0.1, -0.05) is 26.1 Å². The van der Waals surface area contributed by atoms with Crippen LogP contribution in [0.15, 0.2) is 24.5 Å². The number of H-pyrrole nitrogens is 1. The van der Waals surface area contributed by atoms with Gasteiger partial charge in [-0.25, -0.2) is 4.98 Å². The van der Waals surface area contributed by atoms with Crippen LogP contribution in [0.25, 0.3) is 11.4 Å². The summed E-state index contributed by atoms with van der Waals surface area (Å²) >= 11 is 5.36. The van der Waals surface area contributed by atoms with Crippen LogP contribution < -0.4 is 0 Å². The molecule has 3 nitrogen and oxygen atoms in total. The first kappa shape index (κ1) is 11.9. The first-order chi connectivity index (χ1) is 8.09. The van der Waals surface area contributed by atoms with E-state index in [9.17, 15) is 0 Å². The Morgan fingerprint density at radius 2 is 1.88 bits per heavy atom. The first-order valence-corrected chi connectivity index (χ1v) is 6.01. The molecule has 88 valence electrons. The molecule has 0 aliphatic heterocycles. The Kier molecular flexibility index (Phi) is 3.33. The quantitative estimate of drug-likeness (QED) is 0.821. The average molecular weight is 245 g/mol. The molecule has 0 aromatic carbocycles. The normalized spacial score (nSPS) is 10.8. The third-order valence-corrected chi connectivity index (χ3v) is 3.00. The summed E-state index contributed by atoms with van der Waals surface area (Å²) in [5.41, 5.74) is 3.22. The summed E-state index contributed by atoms with van der Waals surface area (Å²) in [6, 6.07) is 3.84. The molecular weight excluding hydrogens is 230 g/mol. The van der Waals surface area contributed by atoms with Gasteiger partial charge in [0.2, 0.25) is 0 Å². The molecular formula is C13H15N3S. The summed E-state index contributed by atoms with van der Waals surface area (Å²) < 4.78 is 0.683. The molecule has 0 unspecified atom stereocenters. The van der Waals surface area contributed by atoms with Crippen molar-refractivity contribution in [2.24, 2.45) is 0 Å². The van der Waals surface area contributed by atoms with E-state index in [0.717, 1.165) is 22.6 Å². The zero-order valence-electron chi connectivity index (χ0n) is 10.2. The molecule has 1 N–H and O–H groups in total. The smallest absolute Gasteiger partial charge is 0.139 e. The molecule has 4 heteroatoms. The molecule has 17 heavy (non-hydrogen) atoms. The second-order valence-electron chi connectivity index (χ2n) is 4.32. The number of nitrogens with one attached hydrogen (secondary N) is 1. The Balaban J connectivity index is 2.58. The molecule has 0 aliphatic carbocycles. The summed E-state index contributed by atoms with van der Waals surface area (Å²) in [6.07, 6.45) is 3.50. The van der Waals surface area contributed by atoms with Gasteiger partial charge in [-0.2, -0.15) is 0 Å². The number of aryl methyl sites for hydroxylation is 1. The van der Waals surface area contributed by atoms with Gasteiger partial charge in [0.25, 0.3) is 0 Å². The van der Waals surface area contributed by atoms with Crippen LogP contribution in [0, 0.1) is 11.6 Å². The van der Waals surface area contributed by atoms with E-state index in [-0.39, 0.29) is 0 Å². The largest absolute Gasteiger partial charge is 0.343 e. The van der Waals surface area contributed by atoms with Crippen molar-refractivity contribution >= 4 is 12.2 Å². The monoisotopic (exact) mass is 245 g/mol. The Labute approximate surface area is 106 Å². The molecule has 2 rings (SSSR count). The number of aromatic nitrogens is 3. The van der Waals surface area contributed by atoms with E-state index in [1.165, 1.54) is 0 Å². The van der Waals surface area contributed by atoms with Crippen molar-refractivity contribution in [1.82, 2.24) is 15.0 Å².